The van der Waals surface area contributed by atoms with Gasteiger partial charge in [0.2, 0.25) is 10.0 Å². The molecule has 3 aromatic carbocycles. The lowest BCUT2D eigenvalue weighted by atomic mass is 10.2. The molecule has 4 rings (SSSR count). The summed E-state index contributed by atoms with van der Waals surface area (Å²) in [4.78, 5) is 22.2. The van der Waals surface area contributed by atoms with Gasteiger partial charge < -0.3 is 9.64 Å². The highest BCUT2D eigenvalue weighted by molar-refractivity contribution is 7.89. The van der Waals surface area contributed by atoms with E-state index in [4.69, 9.17) is 9.72 Å². The second kappa shape index (κ2) is 13.4. The number of rotatable bonds is 11. The molecule has 0 unspecified atom stereocenters. The van der Waals surface area contributed by atoms with Gasteiger partial charge in [-0.2, -0.15) is 4.31 Å². The van der Waals surface area contributed by atoms with E-state index in [2.05, 4.69) is 4.90 Å². The highest BCUT2D eigenvalue weighted by atomic mass is 35.5. The Balaban J connectivity index is 0.00000420. The van der Waals surface area contributed by atoms with Crippen LogP contribution >= 0.6 is 23.7 Å². The van der Waals surface area contributed by atoms with Crippen LogP contribution in [0.25, 0.3) is 10.2 Å². The summed E-state index contributed by atoms with van der Waals surface area (Å²) in [6.07, 6.45) is 0.759. The number of aromatic nitrogens is 1. The Morgan fingerprint density at radius 2 is 1.64 bits per heavy atom. The molecule has 1 amide bonds. The molecule has 0 atom stereocenters. The van der Waals surface area contributed by atoms with Gasteiger partial charge in [0.05, 0.1) is 22.2 Å². The maximum Gasteiger partial charge on any atom is 0.260 e. The summed E-state index contributed by atoms with van der Waals surface area (Å²) in [5.41, 5.74) is 2.06. The topological polar surface area (TPSA) is 83.0 Å². The molecular formula is C28H33ClN4O4S2. The van der Waals surface area contributed by atoms with E-state index in [-0.39, 0.29) is 29.8 Å². The Hall–Kier alpha value is -3.02. The Kier molecular flexibility index (Phi) is 10.5. The summed E-state index contributed by atoms with van der Waals surface area (Å²) >= 11 is 1.44. The van der Waals surface area contributed by atoms with Crippen molar-refractivity contribution in [1.29, 1.82) is 0 Å². The molecule has 0 saturated carbocycles. The highest BCUT2D eigenvalue weighted by Crippen LogP contribution is 2.32. The third kappa shape index (κ3) is 7.34. The fourth-order valence-electron chi connectivity index (χ4n) is 4.00. The average molecular weight is 589 g/mol. The fourth-order valence-corrected chi connectivity index (χ4v) is 6.13. The van der Waals surface area contributed by atoms with Crippen molar-refractivity contribution >= 4 is 55.0 Å². The molecule has 0 fully saturated rings. The van der Waals surface area contributed by atoms with Crippen LogP contribution in [0, 0.1) is 0 Å². The largest absolute Gasteiger partial charge is 0.497 e. The van der Waals surface area contributed by atoms with Crippen LogP contribution in [0.3, 0.4) is 0 Å². The molecule has 0 aliphatic heterocycles. The summed E-state index contributed by atoms with van der Waals surface area (Å²) in [5.74, 6) is 0.477. The molecule has 8 nitrogen and oxygen atoms in total. The first-order valence-corrected chi connectivity index (χ1v) is 14.5. The molecule has 0 saturated heterocycles. The van der Waals surface area contributed by atoms with Gasteiger partial charge in [-0.3, -0.25) is 9.69 Å². The third-order valence-electron chi connectivity index (χ3n) is 6.10. The molecule has 0 bridgehead atoms. The number of benzene rings is 3. The number of amides is 1. The predicted molar refractivity (Wildman–Crippen MR) is 160 cm³/mol. The number of halogens is 1. The zero-order valence-corrected chi connectivity index (χ0v) is 24.9. The summed E-state index contributed by atoms with van der Waals surface area (Å²) in [6, 6.07) is 21.2. The minimum Gasteiger partial charge on any atom is -0.497 e. The number of anilines is 1. The molecule has 4 aromatic rings. The Bertz CT molecular complexity index is 1490. The van der Waals surface area contributed by atoms with Crippen LogP contribution in [0.1, 0.15) is 22.3 Å². The summed E-state index contributed by atoms with van der Waals surface area (Å²) in [5, 5.41) is 0.594. The van der Waals surface area contributed by atoms with Gasteiger partial charge in [-0.25, -0.2) is 13.4 Å². The van der Waals surface area contributed by atoms with Crippen molar-refractivity contribution in [3.8, 4) is 5.75 Å². The zero-order valence-electron chi connectivity index (χ0n) is 22.4. The number of hydrogen-bond acceptors (Lipinski definition) is 7. The number of carbonyl (C=O) groups excluding carboxylic acids is 1. The maximum atomic E-state index is 13.7. The van der Waals surface area contributed by atoms with Crippen molar-refractivity contribution in [3.63, 3.8) is 0 Å². The first-order valence-electron chi connectivity index (χ1n) is 12.2. The molecular weight excluding hydrogens is 556 g/mol. The van der Waals surface area contributed by atoms with Gasteiger partial charge >= 0.3 is 0 Å². The van der Waals surface area contributed by atoms with E-state index in [0.717, 1.165) is 28.7 Å². The van der Waals surface area contributed by atoms with Gasteiger partial charge in [-0.15, -0.1) is 12.4 Å². The van der Waals surface area contributed by atoms with Crippen LogP contribution in [-0.2, 0) is 16.6 Å². The molecule has 208 valence electrons. The van der Waals surface area contributed by atoms with E-state index in [1.807, 2.05) is 62.6 Å². The molecule has 0 N–H and O–H groups in total. The van der Waals surface area contributed by atoms with Crippen molar-refractivity contribution in [2.24, 2.45) is 0 Å². The average Bonchev–Trinajstić information content (AvgIpc) is 3.34. The predicted octanol–water partition coefficient (Wildman–Crippen LogP) is 5.15. The molecule has 1 heterocycles. The number of sulfonamides is 1. The number of hydrogen-bond donors (Lipinski definition) is 0. The number of thiazole rings is 1. The van der Waals surface area contributed by atoms with Crippen LogP contribution in [0.2, 0.25) is 0 Å². The standard InChI is InChI=1S/C28H32N4O4S2.ClH/c1-30(2)17-8-18-32(28-29-25-19-23(36-4)13-16-26(25)37-28)27(33)22-11-14-24(15-12-22)38(34,35)31(3)20-21-9-6-5-7-10-21;/h5-7,9-16,19H,8,17-18,20H2,1-4H3;1H. The van der Waals surface area contributed by atoms with Crippen LogP contribution in [0.5, 0.6) is 5.75 Å². The number of methoxy groups -OCH3 is 1. The van der Waals surface area contributed by atoms with Crippen molar-refractivity contribution < 1.29 is 17.9 Å². The zero-order chi connectivity index (χ0) is 27.3. The van der Waals surface area contributed by atoms with E-state index in [9.17, 15) is 13.2 Å². The van der Waals surface area contributed by atoms with Crippen LogP contribution in [0.4, 0.5) is 5.13 Å². The molecule has 39 heavy (non-hydrogen) atoms. The van der Waals surface area contributed by atoms with Crippen LogP contribution in [0.15, 0.2) is 77.7 Å². The molecule has 11 heteroatoms. The Labute approximate surface area is 240 Å². The first-order chi connectivity index (χ1) is 18.2. The molecule has 0 aliphatic carbocycles. The summed E-state index contributed by atoms with van der Waals surface area (Å²) in [7, 11) is 3.42. The molecule has 0 aliphatic rings. The second-order valence-corrected chi connectivity index (χ2v) is 12.3. The smallest absolute Gasteiger partial charge is 0.260 e. The van der Waals surface area contributed by atoms with Gasteiger partial charge in [0.1, 0.15) is 5.75 Å². The Morgan fingerprint density at radius 1 is 0.949 bits per heavy atom. The minimum atomic E-state index is -3.72. The van der Waals surface area contributed by atoms with E-state index < -0.39 is 10.0 Å². The van der Waals surface area contributed by atoms with Gasteiger partial charge in [0.25, 0.3) is 5.91 Å². The second-order valence-electron chi connectivity index (χ2n) is 9.21. The quantitative estimate of drug-likeness (QED) is 0.241. The summed E-state index contributed by atoms with van der Waals surface area (Å²) < 4.78 is 33.8. The lowest BCUT2D eigenvalue weighted by Crippen LogP contribution is -2.33. The van der Waals surface area contributed by atoms with Gasteiger partial charge in [0.15, 0.2) is 5.13 Å². The SMILES string of the molecule is COc1ccc2sc(N(CCCN(C)C)C(=O)c3ccc(S(=O)(=O)N(C)Cc4ccccc4)cc3)nc2c1.Cl. The van der Waals surface area contributed by atoms with E-state index in [1.165, 1.54) is 27.8 Å². The molecule has 0 radical (unpaired) electrons. The van der Waals surface area contributed by atoms with Gasteiger partial charge in [-0.05, 0) is 69.0 Å². The number of ether oxygens (including phenoxy) is 1. The molecule has 1 aromatic heterocycles. The van der Waals surface area contributed by atoms with Gasteiger partial charge in [-0.1, -0.05) is 41.7 Å². The number of nitrogens with zero attached hydrogens (tertiary/aromatic N) is 4. The third-order valence-corrected chi connectivity index (χ3v) is 8.98. The van der Waals surface area contributed by atoms with Crippen molar-refractivity contribution in [2.75, 3.05) is 46.2 Å². The van der Waals surface area contributed by atoms with Crippen molar-refractivity contribution in [2.45, 2.75) is 17.9 Å². The van der Waals surface area contributed by atoms with E-state index in [0.29, 0.717) is 23.0 Å². The van der Waals surface area contributed by atoms with E-state index >= 15 is 0 Å². The normalized spacial score (nSPS) is 11.5. The van der Waals surface area contributed by atoms with Crippen LogP contribution < -0.4 is 9.64 Å². The lowest BCUT2D eigenvalue weighted by Gasteiger charge is -2.21. The maximum absolute atomic E-state index is 13.7. The first kappa shape index (κ1) is 30.5. The summed E-state index contributed by atoms with van der Waals surface area (Å²) in [6.45, 7) is 1.55. The monoisotopic (exact) mass is 588 g/mol. The lowest BCUT2D eigenvalue weighted by molar-refractivity contribution is 0.0986. The van der Waals surface area contributed by atoms with Crippen molar-refractivity contribution in [3.05, 3.63) is 83.9 Å². The van der Waals surface area contributed by atoms with Gasteiger partial charge in [0, 0.05) is 31.8 Å². The minimum absolute atomic E-state index is 0. The van der Waals surface area contributed by atoms with Crippen molar-refractivity contribution in [1.82, 2.24) is 14.2 Å². The number of fused-ring (bicyclic) bond motifs is 1. The number of carbonyl (C=O) groups is 1. The van der Waals surface area contributed by atoms with Crippen LogP contribution in [-0.4, -0.2) is 69.9 Å². The fraction of sp³-hybridized carbons (Fsp3) is 0.286. The highest BCUT2D eigenvalue weighted by Gasteiger charge is 2.24. The Morgan fingerprint density at radius 3 is 2.28 bits per heavy atom. The molecule has 0 spiro atoms. The van der Waals surface area contributed by atoms with E-state index in [1.54, 1.807) is 31.2 Å².